The second-order valence-electron chi connectivity index (χ2n) is 5.48. The first-order chi connectivity index (χ1) is 8.75. The fraction of sp³-hybridized carbons (Fsp3) is 0.533. The van der Waals surface area contributed by atoms with Crippen LogP contribution in [0, 0.1) is 5.92 Å². The first-order valence-electron chi connectivity index (χ1n) is 6.89. The van der Waals surface area contributed by atoms with Gasteiger partial charge < -0.3 is 10.6 Å². The van der Waals surface area contributed by atoms with Gasteiger partial charge >= 0.3 is 0 Å². The number of nitrogens with two attached hydrogens (primary N) is 1. The summed E-state index contributed by atoms with van der Waals surface area (Å²) in [6, 6.07) is 8.28. The Hall–Kier alpha value is -1.35. The van der Waals surface area contributed by atoms with Crippen LogP contribution in [0.1, 0.15) is 31.2 Å². The van der Waals surface area contributed by atoms with E-state index in [2.05, 4.69) is 12.1 Å². The lowest BCUT2D eigenvalue weighted by Crippen LogP contribution is -2.39. The Morgan fingerprint density at radius 1 is 1.39 bits per heavy atom. The molecule has 0 aromatic heterocycles. The van der Waals surface area contributed by atoms with Gasteiger partial charge in [0.1, 0.15) is 0 Å². The van der Waals surface area contributed by atoms with Gasteiger partial charge in [-0.15, -0.1) is 0 Å². The molecule has 3 rings (SSSR count). The van der Waals surface area contributed by atoms with Crippen LogP contribution in [0.3, 0.4) is 0 Å². The van der Waals surface area contributed by atoms with Crippen LogP contribution < -0.4 is 10.6 Å². The lowest BCUT2D eigenvalue weighted by atomic mass is 10.0. The van der Waals surface area contributed by atoms with Crippen LogP contribution in [0.25, 0.3) is 0 Å². The minimum Gasteiger partial charge on any atom is -0.327 e. The maximum absolute atomic E-state index is 12.3. The van der Waals surface area contributed by atoms with Gasteiger partial charge in [-0.25, -0.2) is 0 Å². The highest BCUT2D eigenvalue weighted by molar-refractivity contribution is 5.94. The summed E-state index contributed by atoms with van der Waals surface area (Å²) in [7, 11) is 0. The maximum Gasteiger partial charge on any atom is 0.228 e. The van der Waals surface area contributed by atoms with Gasteiger partial charge in [-0.1, -0.05) is 18.2 Å². The molecule has 0 saturated heterocycles. The van der Waals surface area contributed by atoms with Crippen molar-refractivity contribution in [1.29, 1.82) is 0 Å². The van der Waals surface area contributed by atoms with Crippen molar-refractivity contribution in [3.8, 4) is 0 Å². The molecule has 2 N–H and O–H groups in total. The number of para-hydroxylation sites is 1. The second kappa shape index (κ2) is 4.73. The SMILES string of the molecule is NC(CC(=O)N1CCCc2ccccc21)C1CC1. The summed E-state index contributed by atoms with van der Waals surface area (Å²) < 4.78 is 0. The van der Waals surface area contributed by atoms with Crippen LogP contribution >= 0.6 is 0 Å². The number of rotatable bonds is 3. The van der Waals surface area contributed by atoms with Crippen molar-refractivity contribution in [2.24, 2.45) is 11.7 Å². The van der Waals surface area contributed by atoms with E-state index in [1.165, 1.54) is 18.4 Å². The van der Waals surface area contributed by atoms with Crippen molar-refractivity contribution < 1.29 is 4.79 Å². The number of amides is 1. The van der Waals surface area contributed by atoms with Gasteiger partial charge in [0, 0.05) is 24.7 Å². The van der Waals surface area contributed by atoms with Crippen LogP contribution in [0.2, 0.25) is 0 Å². The van der Waals surface area contributed by atoms with Crippen LogP contribution in [-0.2, 0) is 11.2 Å². The highest BCUT2D eigenvalue weighted by Crippen LogP contribution is 2.34. The average Bonchev–Trinajstić information content (AvgIpc) is 3.22. The van der Waals surface area contributed by atoms with Crippen molar-refractivity contribution in [3.05, 3.63) is 29.8 Å². The van der Waals surface area contributed by atoms with E-state index in [1.807, 2.05) is 17.0 Å². The topological polar surface area (TPSA) is 46.3 Å². The van der Waals surface area contributed by atoms with Crippen molar-refractivity contribution in [2.45, 2.75) is 38.1 Å². The minimum absolute atomic E-state index is 0.0617. The van der Waals surface area contributed by atoms with Gasteiger partial charge in [0.15, 0.2) is 0 Å². The van der Waals surface area contributed by atoms with E-state index in [9.17, 15) is 4.79 Å². The Balaban J connectivity index is 1.74. The predicted octanol–water partition coefficient (Wildman–Crippen LogP) is 2.09. The zero-order valence-electron chi connectivity index (χ0n) is 10.6. The summed E-state index contributed by atoms with van der Waals surface area (Å²) in [5.41, 5.74) is 8.44. The molecule has 0 radical (unpaired) electrons. The zero-order chi connectivity index (χ0) is 12.5. The smallest absolute Gasteiger partial charge is 0.228 e. The van der Waals surface area contributed by atoms with Crippen molar-refractivity contribution in [2.75, 3.05) is 11.4 Å². The predicted molar refractivity (Wildman–Crippen MR) is 72.4 cm³/mol. The van der Waals surface area contributed by atoms with Crippen molar-refractivity contribution in [3.63, 3.8) is 0 Å². The van der Waals surface area contributed by atoms with Crippen LogP contribution in [0.5, 0.6) is 0 Å². The molecular weight excluding hydrogens is 224 g/mol. The van der Waals surface area contributed by atoms with Crippen molar-refractivity contribution in [1.82, 2.24) is 0 Å². The summed E-state index contributed by atoms with van der Waals surface area (Å²) in [6.45, 7) is 0.841. The molecule has 3 heteroatoms. The highest BCUT2D eigenvalue weighted by atomic mass is 16.2. The highest BCUT2D eigenvalue weighted by Gasteiger charge is 2.32. The lowest BCUT2D eigenvalue weighted by molar-refractivity contribution is -0.119. The maximum atomic E-state index is 12.3. The average molecular weight is 244 g/mol. The van der Waals surface area contributed by atoms with Gasteiger partial charge in [-0.2, -0.15) is 0 Å². The summed E-state index contributed by atoms with van der Waals surface area (Å²) in [4.78, 5) is 14.3. The molecule has 2 aliphatic rings. The number of hydrogen-bond acceptors (Lipinski definition) is 2. The van der Waals surface area contributed by atoms with E-state index in [1.54, 1.807) is 0 Å². The molecule has 0 spiro atoms. The Morgan fingerprint density at radius 2 is 2.17 bits per heavy atom. The number of carbonyl (C=O) groups is 1. The van der Waals surface area contributed by atoms with Crippen LogP contribution in [0.4, 0.5) is 5.69 Å². The molecule has 3 nitrogen and oxygen atoms in total. The van der Waals surface area contributed by atoms with Crippen molar-refractivity contribution >= 4 is 11.6 Å². The monoisotopic (exact) mass is 244 g/mol. The molecule has 1 fully saturated rings. The van der Waals surface area contributed by atoms with Gasteiger partial charge in [0.2, 0.25) is 5.91 Å². The molecule has 0 bridgehead atoms. The molecule has 18 heavy (non-hydrogen) atoms. The molecule has 1 aliphatic heterocycles. The van der Waals surface area contributed by atoms with Crippen LogP contribution in [-0.4, -0.2) is 18.5 Å². The third-order valence-corrected chi connectivity index (χ3v) is 4.05. The first kappa shape index (κ1) is 11.7. The molecule has 1 atom stereocenters. The third-order valence-electron chi connectivity index (χ3n) is 4.05. The van der Waals surface area contributed by atoms with E-state index < -0.39 is 0 Å². The van der Waals surface area contributed by atoms with E-state index in [0.717, 1.165) is 25.1 Å². The number of benzene rings is 1. The van der Waals surface area contributed by atoms with E-state index in [0.29, 0.717) is 12.3 Å². The zero-order valence-corrected chi connectivity index (χ0v) is 10.6. The molecule has 1 amide bonds. The first-order valence-corrected chi connectivity index (χ1v) is 6.89. The van der Waals surface area contributed by atoms with Crippen LogP contribution in [0.15, 0.2) is 24.3 Å². The number of fused-ring (bicyclic) bond motifs is 1. The fourth-order valence-corrected chi connectivity index (χ4v) is 2.80. The summed E-state index contributed by atoms with van der Waals surface area (Å²) >= 11 is 0. The Labute approximate surface area is 108 Å². The summed E-state index contributed by atoms with van der Waals surface area (Å²) in [6.07, 6.45) is 5.03. The van der Waals surface area contributed by atoms with Gasteiger partial charge in [0.05, 0.1) is 0 Å². The van der Waals surface area contributed by atoms with E-state index in [4.69, 9.17) is 5.73 Å². The van der Waals surface area contributed by atoms with E-state index >= 15 is 0 Å². The molecule has 96 valence electrons. The number of anilines is 1. The van der Waals surface area contributed by atoms with Gasteiger partial charge in [-0.3, -0.25) is 4.79 Å². The largest absolute Gasteiger partial charge is 0.327 e. The van der Waals surface area contributed by atoms with E-state index in [-0.39, 0.29) is 11.9 Å². The minimum atomic E-state index is 0.0617. The molecule has 1 aromatic rings. The summed E-state index contributed by atoms with van der Waals surface area (Å²) in [5.74, 6) is 0.788. The lowest BCUT2D eigenvalue weighted by Gasteiger charge is -2.30. The molecule has 1 unspecified atom stereocenters. The Morgan fingerprint density at radius 3 is 2.94 bits per heavy atom. The molecular formula is C15H20N2O. The molecule has 1 aromatic carbocycles. The number of hydrogen-bond donors (Lipinski definition) is 1. The second-order valence-corrected chi connectivity index (χ2v) is 5.48. The quantitative estimate of drug-likeness (QED) is 0.885. The third kappa shape index (κ3) is 2.27. The molecule has 1 heterocycles. The van der Waals surface area contributed by atoms with Gasteiger partial charge in [-0.05, 0) is 43.2 Å². The number of carbonyl (C=O) groups excluding carboxylic acids is 1. The number of nitrogens with zero attached hydrogens (tertiary/aromatic N) is 1. The standard InChI is InChI=1S/C15H20N2O/c16-13(11-7-8-11)10-15(18)17-9-3-5-12-4-1-2-6-14(12)17/h1-2,4,6,11,13H,3,5,7-10,16H2. The Bertz CT molecular complexity index is 454. The fourth-order valence-electron chi connectivity index (χ4n) is 2.80. The molecule has 1 aliphatic carbocycles. The van der Waals surface area contributed by atoms with Gasteiger partial charge in [0.25, 0.3) is 0 Å². The number of aryl methyl sites for hydroxylation is 1. The molecule has 1 saturated carbocycles. The summed E-state index contributed by atoms with van der Waals surface area (Å²) in [5, 5.41) is 0. The normalized spacial score (nSPS) is 20.4. The Kier molecular flexibility index (Phi) is 3.08.